The minimum absolute atomic E-state index is 0.158. The number of nitrogens with zero attached hydrogens (tertiary/aromatic N) is 1. The lowest BCUT2D eigenvalue weighted by atomic mass is 10.2. The van der Waals surface area contributed by atoms with Crippen LogP contribution in [-0.2, 0) is 6.54 Å². The van der Waals surface area contributed by atoms with Crippen molar-refractivity contribution in [3.05, 3.63) is 36.4 Å². The molecule has 0 spiro atoms. The Bertz CT molecular complexity index is 801. The maximum atomic E-state index is 12.0. The normalized spacial score (nSPS) is 18.6. The van der Waals surface area contributed by atoms with E-state index in [-0.39, 0.29) is 6.04 Å². The third-order valence-corrected chi connectivity index (χ3v) is 5.88. The van der Waals surface area contributed by atoms with Crippen LogP contribution in [0.2, 0.25) is 5.02 Å². The van der Waals surface area contributed by atoms with Crippen LogP contribution in [0.25, 0.3) is 10.9 Å². The molecule has 8 heteroatoms. The third kappa shape index (κ3) is 2.05. The summed E-state index contributed by atoms with van der Waals surface area (Å²) in [6.45, 7) is 0.375. The molecule has 0 radical (unpaired) electrons. The van der Waals surface area contributed by atoms with Gasteiger partial charge in [-0.15, -0.1) is 11.8 Å². The molecule has 1 aromatic heterocycles. The van der Waals surface area contributed by atoms with Crippen LogP contribution in [0.5, 0.6) is 0 Å². The van der Waals surface area contributed by atoms with Crippen LogP contribution in [0.3, 0.4) is 0 Å². The van der Waals surface area contributed by atoms with Crippen molar-refractivity contribution in [3.63, 3.8) is 0 Å². The second kappa shape index (κ2) is 4.66. The van der Waals surface area contributed by atoms with Gasteiger partial charge in [-0.2, -0.15) is 0 Å². The molecule has 1 aliphatic rings. The second-order valence-electron chi connectivity index (χ2n) is 4.34. The van der Waals surface area contributed by atoms with Gasteiger partial charge in [0.15, 0.2) is 0 Å². The average molecular weight is 363 g/mol. The largest absolute Gasteiger partial charge is 0.328 e. The molecule has 0 bridgehead atoms. The Hall–Kier alpha value is -0.760. The summed E-state index contributed by atoms with van der Waals surface area (Å²) in [5.41, 5.74) is 5.70. The number of hydrogen-bond acceptors (Lipinski definition) is 4. The van der Waals surface area contributed by atoms with Gasteiger partial charge in [-0.3, -0.25) is 14.3 Å². The summed E-state index contributed by atoms with van der Waals surface area (Å²) in [4.78, 5) is 27.0. The molecule has 5 nitrogen and oxygen atoms in total. The number of aromatic nitrogens is 2. The third-order valence-electron chi connectivity index (χ3n) is 2.99. The highest BCUT2D eigenvalue weighted by Gasteiger charge is 2.22. The van der Waals surface area contributed by atoms with Gasteiger partial charge in [0.2, 0.25) is 0 Å². The fourth-order valence-corrected chi connectivity index (χ4v) is 4.14. The van der Waals surface area contributed by atoms with E-state index in [2.05, 4.69) is 20.9 Å². The number of H-pyrrole nitrogens is 1. The van der Waals surface area contributed by atoms with E-state index in [1.165, 1.54) is 16.3 Å². The zero-order valence-electron chi connectivity index (χ0n) is 9.57. The molecule has 0 aliphatic carbocycles. The Kier molecular flexibility index (Phi) is 3.24. The van der Waals surface area contributed by atoms with Gasteiger partial charge in [-0.25, -0.2) is 4.79 Å². The Morgan fingerprint density at radius 3 is 3.00 bits per heavy atom. The van der Waals surface area contributed by atoms with Crippen LogP contribution in [-0.4, -0.2) is 21.3 Å². The lowest BCUT2D eigenvalue weighted by molar-refractivity contribution is 0.586. The molecule has 1 aliphatic heterocycles. The highest BCUT2D eigenvalue weighted by atomic mass is 79.9. The van der Waals surface area contributed by atoms with Gasteiger partial charge in [0.25, 0.3) is 5.56 Å². The topological polar surface area (TPSA) is 80.9 Å². The summed E-state index contributed by atoms with van der Waals surface area (Å²) in [5, 5.41) is 0.852. The first-order valence-electron chi connectivity index (χ1n) is 5.52. The van der Waals surface area contributed by atoms with Crippen molar-refractivity contribution in [2.75, 3.05) is 5.75 Å². The van der Waals surface area contributed by atoms with Crippen molar-refractivity contribution in [2.24, 2.45) is 5.73 Å². The number of rotatable bonds is 0. The van der Waals surface area contributed by atoms with Gasteiger partial charge in [-0.05, 0) is 22.0 Å². The first-order valence-corrected chi connectivity index (χ1v) is 7.68. The van der Waals surface area contributed by atoms with Gasteiger partial charge < -0.3 is 5.73 Å². The van der Waals surface area contributed by atoms with Crippen molar-refractivity contribution >= 4 is 50.2 Å². The zero-order valence-corrected chi connectivity index (χ0v) is 12.7. The van der Waals surface area contributed by atoms with Crippen molar-refractivity contribution in [1.29, 1.82) is 0 Å². The molecule has 0 unspecified atom stereocenters. The predicted molar refractivity (Wildman–Crippen MR) is 80.2 cm³/mol. The van der Waals surface area contributed by atoms with Crippen LogP contribution < -0.4 is 17.0 Å². The molecule has 2 aromatic rings. The van der Waals surface area contributed by atoms with Crippen LogP contribution in [0, 0.1) is 0 Å². The molecule has 100 valence electrons. The predicted octanol–water partition coefficient (Wildman–Crippen LogP) is 1.54. The number of aromatic amines is 1. The van der Waals surface area contributed by atoms with E-state index in [1.807, 2.05) is 0 Å². The lowest BCUT2D eigenvalue weighted by Gasteiger charge is -2.12. The van der Waals surface area contributed by atoms with E-state index in [1.54, 1.807) is 6.07 Å². The van der Waals surface area contributed by atoms with Crippen molar-refractivity contribution < 1.29 is 0 Å². The summed E-state index contributed by atoms with van der Waals surface area (Å²) in [5.74, 6) is 0.656. The first-order chi connectivity index (χ1) is 8.99. The highest BCUT2D eigenvalue weighted by molar-refractivity contribution is 9.10. The van der Waals surface area contributed by atoms with Gasteiger partial charge in [0.1, 0.15) is 0 Å². The average Bonchev–Trinajstić information content (AvgIpc) is 2.52. The summed E-state index contributed by atoms with van der Waals surface area (Å²) < 4.78 is 2.21. The summed E-state index contributed by atoms with van der Waals surface area (Å²) in [6.07, 6.45) is 0. The van der Waals surface area contributed by atoms with Crippen LogP contribution >= 0.6 is 39.3 Å². The molecule has 2 heterocycles. The van der Waals surface area contributed by atoms with Crippen LogP contribution in [0.15, 0.2) is 25.0 Å². The SMILES string of the molecule is N[C@@H]1CSc2c(Br)c(Cl)cc3c(=O)[nH]c(=O)n(c23)C1. The zero-order chi connectivity index (χ0) is 13.7. The quantitative estimate of drug-likeness (QED) is 0.745. The molecular formula is C11H9BrClN3O2S. The highest BCUT2D eigenvalue weighted by Crippen LogP contribution is 2.39. The fraction of sp³-hybridized carbons (Fsp3) is 0.273. The molecule has 0 amide bonds. The summed E-state index contributed by atoms with van der Waals surface area (Å²) in [7, 11) is 0. The molecule has 0 saturated heterocycles. The molecular weight excluding hydrogens is 354 g/mol. The fourth-order valence-electron chi connectivity index (χ4n) is 2.15. The van der Waals surface area contributed by atoms with E-state index in [0.717, 1.165) is 4.90 Å². The Balaban J connectivity index is 2.57. The molecule has 19 heavy (non-hydrogen) atoms. The molecule has 0 fully saturated rings. The smallest absolute Gasteiger partial charge is 0.325 e. The minimum Gasteiger partial charge on any atom is -0.325 e. The maximum Gasteiger partial charge on any atom is 0.328 e. The van der Waals surface area contributed by atoms with E-state index < -0.39 is 11.2 Å². The Morgan fingerprint density at radius 1 is 1.53 bits per heavy atom. The van der Waals surface area contributed by atoms with Crippen molar-refractivity contribution in [2.45, 2.75) is 17.5 Å². The first kappa shape index (κ1) is 13.2. The van der Waals surface area contributed by atoms with Crippen molar-refractivity contribution in [3.8, 4) is 0 Å². The number of nitrogens with one attached hydrogen (secondary N) is 1. The molecule has 0 saturated carbocycles. The summed E-state index contributed by atoms with van der Waals surface area (Å²) >= 11 is 11.0. The Labute approximate surface area is 125 Å². The van der Waals surface area contributed by atoms with Gasteiger partial charge >= 0.3 is 5.69 Å². The molecule has 3 rings (SSSR count). The Morgan fingerprint density at radius 2 is 2.26 bits per heavy atom. The molecule has 1 atom stereocenters. The van der Waals surface area contributed by atoms with E-state index in [0.29, 0.717) is 32.7 Å². The number of thioether (sulfide) groups is 1. The van der Waals surface area contributed by atoms with E-state index >= 15 is 0 Å². The van der Waals surface area contributed by atoms with Gasteiger partial charge in [0, 0.05) is 23.2 Å². The number of hydrogen-bond donors (Lipinski definition) is 2. The minimum atomic E-state index is -0.439. The molecule has 1 aromatic carbocycles. The van der Waals surface area contributed by atoms with E-state index in [4.69, 9.17) is 17.3 Å². The standard InChI is InChI=1S/C11H9BrClN3O2S/c12-7-6(13)1-5-8-9(7)19-3-4(14)2-16(8)11(18)15-10(5)17/h1,4H,2-3,14H2,(H,15,17,18)/t4-/m0/s1. The summed E-state index contributed by atoms with van der Waals surface area (Å²) in [6, 6.07) is 1.41. The van der Waals surface area contributed by atoms with Gasteiger partial charge in [0.05, 0.1) is 20.4 Å². The monoisotopic (exact) mass is 361 g/mol. The maximum absolute atomic E-state index is 12.0. The van der Waals surface area contributed by atoms with Crippen LogP contribution in [0.1, 0.15) is 0 Å². The second-order valence-corrected chi connectivity index (χ2v) is 6.57. The number of benzene rings is 1. The van der Waals surface area contributed by atoms with Crippen molar-refractivity contribution in [1.82, 2.24) is 9.55 Å². The number of halogens is 2. The molecule has 3 N–H and O–H groups in total. The van der Waals surface area contributed by atoms with Crippen LogP contribution in [0.4, 0.5) is 0 Å². The lowest BCUT2D eigenvalue weighted by Crippen LogP contribution is -2.36. The van der Waals surface area contributed by atoms with E-state index in [9.17, 15) is 9.59 Å². The van der Waals surface area contributed by atoms with Gasteiger partial charge in [-0.1, -0.05) is 11.6 Å². The number of nitrogens with two attached hydrogens (primary N) is 1.